The van der Waals surface area contributed by atoms with Crippen molar-refractivity contribution in [2.45, 2.75) is 25.3 Å². The maximum atomic E-state index is 12.9. The Hall–Kier alpha value is -2.47. The fourth-order valence-corrected chi connectivity index (χ4v) is 3.32. The minimum absolute atomic E-state index is 0.0939. The molecule has 0 saturated carbocycles. The molecular formula is C19H22FN3O2. The summed E-state index contributed by atoms with van der Waals surface area (Å²) in [6.07, 6.45) is 7.88. The summed E-state index contributed by atoms with van der Waals surface area (Å²) >= 11 is 0. The topological polar surface area (TPSA) is 58.4 Å². The number of rotatable bonds is 6. The molecule has 0 bridgehead atoms. The Kier molecular flexibility index (Phi) is 5.60. The first kappa shape index (κ1) is 17.4. The monoisotopic (exact) mass is 343 g/mol. The highest BCUT2D eigenvalue weighted by atomic mass is 19.1. The largest absolute Gasteiger partial charge is 0.480 e. The second kappa shape index (κ2) is 8.07. The van der Waals surface area contributed by atoms with Crippen molar-refractivity contribution in [1.82, 2.24) is 14.7 Å². The minimum atomic E-state index is -0.875. The summed E-state index contributed by atoms with van der Waals surface area (Å²) in [7, 11) is 0. The summed E-state index contributed by atoms with van der Waals surface area (Å²) in [6.45, 7) is 2.64. The molecule has 1 fully saturated rings. The molecule has 1 aromatic carbocycles. The molecule has 5 nitrogen and oxygen atoms in total. The van der Waals surface area contributed by atoms with Crippen LogP contribution in [-0.4, -0.2) is 45.4 Å². The molecule has 1 aliphatic heterocycles. The van der Waals surface area contributed by atoms with E-state index in [1.54, 1.807) is 23.0 Å². The summed E-state index contributed by atoms with van der Waals surface area (Å²) in [5, 5.41) is 13.1. The number of hydrogen-bond acceptors (Lipinski definition) is 3. The van der Waals surface area contributed by atoms with Gasteiger partial charge in [-0.1, -0.05) is 24.3 Å². The second-order valence-corrected chi connectivity index (χ2v) is 6.36. The van der Waals surface area contributed by atoms with Crippen molar-refractivity contribution in [3.05, 3.63) is 59.7 Å². The van der Waals surface area contributed by atoms with Crippen molar-refractivity contribution in [2.75, 3.05) is 19.6 Å². The van der Waals surface area contributed by atoms with E-state index in [2.05, 4.69) is 16.1 Å². The van der Waals surface area contributed by atoms with E-state index in [0.717, 1.165) is 43.7 Å². The molecule has 0 radical (unpaired) electrons. The van der Waals surface area contributed by atoms with Crippen LogP contribution in [0.3, 0.4) is 0 Å². The summed E-state index contributed by atoms with van der Waals surface area (Å²) in [5.41, 5.74) is 1.98. The number of carboxylic acid groups (broad SMARTS) is 1. The molecule has 25 heavy (non-hydrogen) atoms. The van der Waals surface area contributed by atoms with Gasteiger partial charge in [0.2, 0.25) is 0 Å². The standard InChI is InChI=1S/C19H22FN3O2/c20-17-7-5-15(6-8-17)3-1-11-22-12-2-4-16(13-22)18-9-10-21-23(18)14-19(24)25/h1,3,5-10,16H,2,4,11-14H2,(H,24,25)/b3-1+. The van der Waals surface area contributed by atoms with Gasteiger partial charge < -0.3 is 5.11 Å². The number of carboxylic acids is 1. The summed E-state index contributed by atoms with van der Waals surface area (Å²) in [4.78, 5) is 13.3. The highest BCUT2D eigenvalue weighted by molar-refractivity contribution is 5.66. The third kappa shape index (κ3) is 4.76. The Labute approximate surface area is 146 Å². The van der Waals surface area contributed by atoms with Crippen LogP contribution < -0.4 is 0 Å². The highest BCUT2D eigenvalue weighted by Gasteiger charge is 2.23. The number of aliphatic carboxylic acids is 1. The van der Waals surface area contributed by atoms with Crippen LogP contribution in [-0.2, 0) is 11.3 Å². The third-order valence-corrected chi connectivity index (χ3v) is 4.50. The predicted octanol–water partition coefficient (Wildman–Crippen LogP) is 3.00. The average molecular weight is 343 g/mol. The van der Waals surface area contributed by atoms with Gasteiger partial charge in [-0.05, 0) is 43.1 Å². The first-order valence-corrected chi connectivity index (χ1v) is 8.50. The van der Waals surface area contributed by atoms with Crippen molar-refractivity contribution in [3.8, 4) is 0 Å². The van der Waals surface area contributed by atoms with Gasteiger partial charge in [0.25, 0.3) is 0 Å². The zero-order valence-electron chi connectivity index (χ0n) is 14.0. The first-order valence-electron chi connectivity index (χ1n) is 8.50. The molecule has 2 aromatic rings. The molecule has 1 aliphatic rings. The van der Waals surface area contributed by atoms with E-state index in [1.807, 2.05) is 12.1 Å². The zero-order valence-corrected chi connectivity index (χ0v) is 14.0. The van der Waals surface area contributed by atoms with E-state index < -0.39 is 5.97 Å². The molecule has 132 valence electrons. The van der Waals surface area contributed by atoms with Gasteiger partial charge in [0.15, 0.2) is 0 Å². The van der Waals surface area contributed by atoms with Crippen LogP contribution in [0.5, 0.6) is 0 Å². The van der Waals surface area contributed by atoms with Gasteiger partial charge in [0, 0.05) is 30.9 Å². The quantitative estimate of drug-likeness (QED) is 0.876. The van der Waals surface area contributed by atoms with Crippen molar-refractivity contribution in [2.24, 2.45) is 0 Å². The number of likely N-dealkylation sites (tertiary alicyclic amines) is 1. The van der Waals surface area contributed by atoms with E-state index in [4.69, 9.17) is 5.11 Å². The van der Waals surface area contributed by atoms with E-state index >= 15 is 0 Å². The number of piperidine rings is 1. The van der Waals surface area contributed by atoms with Gasteiger partial charge in [0.1, 0.15) is 12.4 Å². The number of halogens is 1. The number of nitrogens with zero attached hydrogens (tertiary/aromatic N) is 3. The Morgan fingerprint density at radius 2 is 2.12 bits per heavy atom. The SMILES string of the molecule is O=C(O)Cn1nccc1C1CCCN(C/C=C/c2ccc(F)cc2)C1. The fraction of sp³-hybridized carbons (Fsp3) is 0.368. The van der Waals surface area contributed by atoms with Gasteiger partial charge in [-0.2, -0.15) is 5.10 Å². The Bertz CT molecular complexity index is 739. The zero-order chi connectivity index (χ0) is 17.6. The Morgan fingerprint density at radius 3 is 2.88 bits per heavy atom. The first-order chi connectivity index (χ1) is 12.1. The molecule has 1 saturated heterocycles. The van der Waals surface area contributed by atoms with Crippen molar-refractivity contribution >= 4 is 12.0 Å². The van der Waals surface area contributed by atoms with Gasteiger partial charge in [0.05, 0.1) is 0 Å². The molecule has 1 atom stereocenters. The lowest BCUT2D eigenvalue weighted by Gasteiger charge is -2.32. The smallest absolute Gasteiger partial charge is 0.325 e. The van der Waals surface area contributed by atoms with Crippen molar-refractivity contribution < 1.29 is 14.3 Å². The number of carbonyl (C=O) groups is 1. The summed E-state index contributed by atoms with van der Waals surface area (Å²) in [6, 6.07) is 8.36. The van der Waals surface area contributed by atoms with E-state index in [0.29, 0.717) is 5.92 Å². The number of aromatic nitrogens is 2. The number of hydrogen-bond donors (Lipinski definition) is 1. The van der Waals surface area contributed by atoms with Gasteiger partial charge in [-0.15, -0.1) is 0 Å². The van der Waals surface area contributed by atoms with Gasteiger partial charge in [-0.3, -0.25) is 14.4 Å². The molecule has 0 aliphatic carbocycles. The molecule has 3 rings (SSSR count). The predicted molar refractivity (Wildman–Crippen MR) is 93.7 cm³/mol. The second-order valence-electron chi connectivity index (χ2n) is 6.36. The molecule has 1 unspecified atom stereocenters. The molecule has 2 heterocycles. The molecular weight excluding hydrogens is 321 g/mol. The van der Waals surface area contributed by atoms with Crippen LogP contribution in [0.15, 0.2) is 42.6 Å². The van der Waals surface area contributed by atoms with E-state index in [1.165, 1.54) is 12.1 Å². The lowest BCUT2D eigenvalue weighted by molar-refractivity contribution is -0.137. The molecule has 0 spiro atoms. The Morgan fingerprint density at radius 1 is 1.32 bits per heavy atom. The Balaban J connectivity index is 1.59. The third-order valence-electron chi connectivity index (χ3n) is 4.50. The minimum Gasteiger partial charge on any atom is -0.480 e. The van der Waals surface area contributed by atoms with Crippen LogP contribution >= 0.6 is 0 Å². The molecule has 6 heteroatoms. The highest BCUT2D eigenvalue weighted by Crippen LogP contribution is 2.26. The number of benzene rings is 1. The van der Waals surface area contributed by atoms with Gasteiger partial charge in [-0.25, -0.2) is 4.39 Å². The maximum absolute atomic E-state index is 12.9. The lowest BCUT2D eigenvalue weighted by Crippen LogP contribution is -2.35. The lowest BCUT2D eigenvalue weighted by atomic mass is 9.94. The average Bonchev–Trinajstić information content (AvgIpc) is 3.04. The van der Waals surface area contributed by atoms with Gasteiger partial charge >= 0.3 is 5.97 Å². The van der Waals surface area contributed by atoms with Crippen LogP contribution in [0.25, 0.3) is 6.08 Å². The van der Waals surface area contributed by atoms with Crippen LogP contribution in [0.1, 0.15) is 30.0 Å². The van der Waals surface area contributed by atoms with Crippen LogP contribution in [0.4, 0.5) is 4.39 Å². The molecule has 0 amide bonds. The van der Waals surface area contributed by atoms with Crippen LogP contribution in [0.2, 0.25) is 0 Å². The van der Waals surface area contributed by atoms with Crippen LogP contribution in [0, 0.1) is 5.82 Å². The van der Waals surface area contributed by atoms with Crippen molar-refractivity contribution in [3.63, 3.8) is 0 Å². The fourth-order valence-electron chi connectivity index (χ4n) is 3.32. The summed E-state index contributed by atoms with van der Waals surface area (Å²) in [5.74, 6) is -0.802. The summed E-state index contributed by atoms with van der Waals surface area (Å²) < 4.78 is 14.5. The maximum Gasteiger partial charge on any atom is 0.325 e. The molecule has 1 N–H and O–H groups in total. The molecule has 1 aromatic heterocycles. The van der Waals surface area contributed by atoms with E-state index in [-0.39, 0.29) is 12.4 Å². The van der Waals surface area contributed by atoms with Crippen molar-refractivity contribution in [1.29, 1.82) is 0 Å². The van der Waals surface area contributed by atoms with E-state index in [9.17, 15) is 9.18 Å². The normalized spacial score (nSPS) is 18.7.